The topological polar surface area (TPSA) is 143 Å². The van der Waals surface area contributed by atoms with Gasteiger partial charge in [0.2, 0.25) is 0 Å². The molecule has 3 N–H and O–H groups in total. The third kappa shape index (κ3) is 6.91. The van der Waals surface area contributed by atoms with Crippen LogP contribution in [0.25, 0.3) is 0 Å². The van der Waals surface area contributed by atoms with E-state index in [1.54, 1.807) is 41.3 Å². The number of β-amino-alcohol motifs (C(OH)–C–C–N with tert-alkyl or cyclic N) is 1. The number of carbonyl (C=O) groups is 1. The molecule has 190 valence electrons. The maximum atomic E-state index is 13.2. The van der Waals surface area contributed by atoms with Crippen LogP contribution in [0.5, 0.6) is 5.75 Å². The van der Waals surface area contributed by atoms with Crippen LogP contribution in [0, 0.1) is 10.1 Å². The number of amides is 1. The molecule has 1 aliphatic carbocycles. The van der Waals surface area contributed by atoms with Gasteiger partial charge in [0, 0.05) is 29.5 Å². The Kier molecular flexibility index (Phi) is 8.31. The Balaban J connectivity index is 1.66. The summed E-state index contributed by atoms with van der Waals surface area (Å²) >= 11 is 0. The van der Waals surface area contributed by atoms with Crippen molar-refractivity contribution in [2.24, 2.45) is 0 Å². The van der Waals surface area contributed by atoms with Crippen molar-refractivity contribution >= 4 is 5.91 Å². The number of ether oxygens (including phenoxy) is 1. The molecule has 1 aliphatic rings. The Labute approximate surface area is 203 Å². The van der Waals surface area contributed by atoms with E-state index in [-0.39, 0.29) is 32.1 Å². The van der Waals surface area contributed by atoms with Crippen LogP contribution in [0.15, 0.2) is 42.5 Å². The maximum absolute atomic E-state index is 13.2. The van der Waals surface area contributed by atoms with Gasteiger partial charge in [0.25, 0.3) is 11.0 Å². The van der Waals surface area contributed by atoms with Crippen molar-refractivity contribution < 1.29 is 34.8 Å². The number of fused-ring (bicyclic) bond motifs is 1. The van der Waals surface area contributed by atoms with Gasteiger partial charge in [-0.2, -0.15) is 0 Å². The van der Waals surface area contributed by atoms with Gasteiger partial charge in [0.15, 0.2) is 0 Å². The standard InChI is InChI=1S/C25H32N2O8/c1-25(2,3)26(24(31)17-9-7-16(8-10-17)14-35-27(32)33)13-19(28)15-34-23-6-4-5-18-11-21(29)22(30)12-20(18)23/h4-10,19,21-22,28-30H,11-15H2,1-3H3. The van der Waals surface area contributed by atoms with Crippen molar-refractivity contribution in [2.45, 2.75) is 64.1 Å². The Bertz CT molecular complexity index is 1030. The predicted octanol–water partition coefficient (Wildman–Crippen LogP) is 1.90. The first-order valence-electron chi connectivity index (χ1n) is 11.4. The van der Waals surface area contributed by atoms with Crippen LogP contribution >= 0.6 is 0 Å². The first-order chi connectivity index (χ1) is 16.5. The molecule has 0 bridgehead atoms. The molecule has 0 saturated carbocycles. The Morgan fingerprint density at radius 3 is 2.43 bits per heavy atom. The van der Waals surface area contributed by atoms with Gasteiger partial charge in [-0.15, -0.1) is 10.1 Å². The molecule has 3 atom stereocenters. The molecular weight excluding hydrogens is 456 g/mol. The minimum absolute atomic E-state index is 0.0187. The highest BCUT2D eigenvalue weighted by molar-refractivity contribution is 5.94. The number of aliphatic hydroxyl groups is 3. The van der Waals surface area contributed by atoms with E-state index in [1.165, 1.54) is 0 Å². The second kappa shape index (κ2) is 11.0. The van der Waals surface area contributed by atoms with Crippen molar-refractivity contribution in [3.05, 3.63) is 74.8 Å². The monoisotopic (exact) mass is 488 g/mol. The molecule has 0 fully saturated rings. The van der Waals surface area contributed by atoms with Crippen molar-refractivity contribution in [2.75, 3.05) is 13.2 Å². The predicted molar refractivity (Wildman–Crippen MR) is 126 cm³/mol. The summed E-state index contributed by atoms with van der Waals surface area (Å²) in [4.78, 5) is 29.5. The molecule has 10 nitrogen and oxygen atoms in total. The average Bonchev–Trinajstić information content (AvgIpc) is 2.80. The van der Waals surface area contributed by atoms with E-state index in [0.29, 0.717) is 23.3 Å². The lowest BCUT2D eigenvalue weighted by Crippen LogP contribution is -2.50. The molecule has 0 radical (unpaired) electrons. The summed E-state index contributed by atoms with van der Waals surface area (Å²) in [6.07, 6.45) is -2.08. The van der Waals surface area contributed by atoms with E-state index < -0.39 is 28.9 Å². The molecule has 0 aliphatic heterocycles. The van der Waals surface area contributed by atoms with Crippen LogP contribution < -0.4 is 4.74 Å². The minimum Gasteiger partial charge on any atom is -0.491 e. The summed E-state index contributed by atoms with van der Waals surface area (Å²) in [5.41, 5.74) is 2.04. The summed E-state index contributed by atoms with van der Waals surface area (Å²) in [7, 11) is 0. The summed E-state index contributed by atoms with van der Waals surface area (Å²) in [6.45, 7) is 5.32. The highest BCUT2D eigenvalue weighted by atomic mass is 16.9. The Hall–Kier alpha value is -3.21. The summed E-state index contributed by atoms with van der Waals surface area (Å²) in [5.74, 6) is 0.237. The van der Waals surface area contributed by atoms with Crippen LogP contribution in [0.3, 0.4) is 0 Å². The third-order valence-corrected chi connectivity index (χ3v) is 5.93. The van der Waals surface area contributed by atoms with Gasteiger partial charge >= 0.3 is 0 Å². The van der Waals surface area contributed by atoms with Gasteiger partial charge in [0.05, 0.1) is 18.8 Å². The van der Waals surface area contributed by atoms with Crippen molar-refractivity contribution in [3.63, 3.8) is 0 Å². The molecule has 1 amide bonds. The zero-order valence-corrected chi connectivity index (χ0v) is 20.1. The summed E-state index contributed by atoms with van der Waals surface area (Å²) < 4.78 is 5.86. The lowest BCUT2D eigenvalue weighted by molar-refractivity contribution is -0.763. The van der Waals surface area contributed by atoms with Gasteiger partial charge in [-0.1, -0.05) is 24.3 Å². The van der Waals surface area contributed by atoms with Crippen molar-refractivity contribution in [1.82, 2.24) is 4.90 Å². The minimum atomic E-state index is -0.985. The van der Waals surface area contributed by atoms with Crippen LogP contribution in [-0.4, -0.2) is 68.2 Å². The number of benzene rings is 2. The molecule has 2 aromatic carbocycles. The van der Waals surface area contributed by atoms with Gasteiger partial charge in [-0.25, -0.2) is 0 Å². The smallest absolute Gasteiger partial charge is 0.294 e. The number of nitrogens with zero attached hydrogens (tertiary/aromatic N) is 2. The normalized spacial score (nSPS) is 18.3. The molecule has 0 heterocycles. The zero-order chi connectivity index (χ0) is 25.8. The number of hydrogen-bond acceptors (Lipinski definition) is 8. The molecule has 0 spiro atoms. The van der Waals surface area contributed by atoms with Crippen LogP contribution in [0.2, 0.25) is 0 Å². The van der Waals surface area contributed by atoms with E-state index in [2.05, 4.69) is 4.84 Å². The van der Waals surface area contributed by atoms with E-state index in [1.807, 2.05) is 26.8 Å². The van der Waals surface area contributed by atoms with Crippen LogP contribution in [-0.2, 0) is 24.3 Å². The summed E-state index contributed by atoms with van der Waals surface area (Å²) in [5, 5.41) is 40.2. The van der Waals surface area contributed by atoms with Gasteiger partial charge in [-0.3, -0.25) is 4.79 Å². The first kappa shape index (κ1) is 26.4. The van der Waals surface area contributed by atoms with Crippen LogP contribution in [0.1, 0.15) is 47.8 Å². The molecule has 10 heteroatoms. The molecule has 2 aromatic rings. The Morgan fingerprint density at radius 1 is 1.14 bits per heavy atom. The lowest BCUT2D eigenvalue weighted by Gasteiger charge is -2.37. The van der Waals surface area contributed by atoms with Crippen molar-refractivity contribution in [3.8, 4) is 5.75 Å². The maximum Gasteiger partial charge on any atom is 0.294 e. The van der Waals surface area contributed by atoms with E-state index in [9.17, 15) is 30.2 Å². The number of hydrogen-bond donors (Lipinski definition) is 3. The quantitative estimate of drug-likeness (QED) is 0.359. The molecule has 0 aromatic heterocycles. The van der Waals surface area contributed by atoms with E-state index in [0.717, 1.165) is 11.1 Å². The largest absolute Gasteiger partial charge is 0.491 e. The van der Waals surface area contributed by atoms with Gasteiger partial charge < -0.3 is 29.8 Å². The summed E-state index contributed by atoms with van der Waals surface area (Å²) in [6, 6.07) is 11.7. The first-order valence-corrected chi connectivity index (χ1v) is 11.4. The SMILES string of the molecule is CC(C)(C)N(CC(O)COc1cccc2c1CC(O)C(O)C2)C(=O)c1ccc(CO[N+](=O)[O-])cc1. The zero-order valence-electron chi connectivity index (χ0n) is 20.1. The third-order valence-electron chi connectivity index (χ3n) is 5.93. The fourth-order valence-corrected chi connectivity index (χ4v) is 4.01. The highest BCUT2D eigenvalue weighted by Gasteiger charge is 2.30. The fourth-order valence-electron chi connectivity index (χ4n) is 4.01. The van der Waals surface area contributed by atoms with Gasteiger partial charge in [0.1, 0.15) is 25.1 Å². The second-order valence-corrected chi connectivity index (χ2v) is 9.68. The molecule has 3 rings (SSSR count). The molecule has 0 saturated heterocycles. The van der Waals surface area contributed by atoms with Crippen LogP contribution in [0.4, 0.5) is 0 Å². The fraction of sp³-hybridized carbons (Fsp3) is 0.480. The van der Waals surface area contributed by atoms with Gasteiger partial charge in [-0.05, 0) is 50.1 Å². The van der Waals surface area contributed by atoms with E-state index in [4.69, 9.17) is 4.74 Å². The number of aliphatic hydroxyl groups excluding tert-OH is 3. The highest BCUT2D eigenvalue weighted by Crippen LogP contribution is 2.30. The Morgan fingerprint density at radius 2 is 1.80 bits per heavy atom. The second-order valence-electron chi connectivity index (χ2n) is 9.68. The van der Waals surface area contributed by atoms with E-state index >= 15 is 0 Å². The lowest BCUT2D eigenvalue weighted by atomic mass is 9.87. The van der Waals surface area contributed by atoms with Crippen molar-refractivity contribution in [1.29, 1.82) is 0 Å². The molecule has 3 unspecified atom stereocenters. The molecule has 35 heavy (non-hydrogen) atoms. The molecular formula is C25H32N2O8. The number of carbonyl (C=O) groups excluding carboxylic acids is 1. The number of rotatable bonds is 9. The average molecular weight is 489 g/mol.